The first kappa shape index (κ1) is 13.3. The van der Waals surface area contributed by atoms with Gasteiger partial charge < -0.3 is 19.1 Å². The van der Waals surface area contributed by atoms with Crippen LogP contribution in [0, 0.1) is 0 Å². The van der Waals surface area contributed by atoms with Crippen LogP contribution in [-0.2, 0) is 17.8 Å². The molecular weight excluding hydrogens is 258 g/mol. The molecule has 0 aromatic carbocycles. The number of nitrogens with one attached hydrogen (secondary N) is 1. The molecule has 3 rings (SSSR count). The molecule has 0 unspecified atom stereocenters. The van der Waals surface area contributed by atoms with Gasteiger partial charge in [0.1, 0.15) is 6.54 Å². The van der Waals surface area contributed by atoms with E-state index in [9.17, 15) is 0 Å². The van der Waals surface area contributed by atoms with Crippen molar-refractivity contribution in [2.45, 2.75) is 31.8 Å². The summed E-state index contributed by atoms with van der Waals surface area (Å²) in [5.41, 5.74) is 0.989. The second-order valence-corrected chi connectivity index (χ2v) is 5.03. The lowest BCUT2D eigenvalue weighted by Gasteiger charge is -2.00. The van der Waals surface area contributed by atoms with Crippen LogP contribution in [0.2, 0.25) is 0 Å². The minimum absolute atomic E-state index is 0.524. The monoisotopic (exact) mass is 277 g/mol. The maximum Gasteiger partial charge on any atom is 0.246 e. The van der Waals surface area contributed by atoms with Gasteiger partial charge in [0.2, 0.25) is 5.89 Å². The molecule has 0 saturated heterocycles. The maximum absolute atomic E-state index is 5.25. The van der Waals surface area contributed by atoms with Crippen molar-refractivity contribution in [3.05, 3.63) is 29.9 Å². The maximum atomic E-state index is 5.25. The number of hydrogen-bond donors (Lipinski definition) is 1. The quantitative estimate of drug-likeness (QED) is 0.723. The molecule has 0 spiro atoms. The topological polar surface area (TPSA) is 78.0 Å². The molecule has 7 heteroatoms. The summed E-state index contributed by atoms with van der Waals surface area (Å²) >= 11 is 0. The molecule has 0 radical (unpaired) electrons. The normalized spacial score (nSPS) is 14.8. The standard InChI is InChI=1S/C13H19N5O2/c1-19-5-4-14-6-11-7-18(9-15-11)8-12-16-13(17-20-12)10-2-3-10/h7,9-10,14H,2-6,8H2,1H3. The molecule has 2 aromatic rings. The van der Waals surface area contributed by atoms with Gasteiger partial charge in [-0.05, 0) is 12.8 Å². The fourth-order valence-electron chi connectivity index (χ4n) is 1.97. The van der Waals surface area contributed by atoms with E-state index >= 15 is 0 Å². The van der Waals surface area contributed by atoms with E-state index in [1.165, 1.54) is 12.8 Å². The molecule has 0 aliphatic heterocycles. The third kappa shape index (κ3) is 3.43. The van der Waals surface area contributed by atoms with Crippen LogP contribution in [0.15, 0.2) is 17.0 Å². The van der Waals surface area contributed by atoms with Crippen molar-refractivity contribution >= 4 is 0 Å². The summed E-state index contributed by atoms with van der Waals surface area (Å²) in [7, 11) is 1.69. The Morgan fingerprint density at radius 1 is 1.50 bits per heavy atom. The lowest BCUT2D eigenvalue weighted by atomic mass is 10.4. The van der Waals surface area contributed by atoms with Gasteiger partial charge in [0.05, 0.1) is 18.6 Å². The summed E-state index contributed by atoms with van der Waals surface area (Å²) in [6, 6.07) is 0. The highest BCUT2D eigenvalue weighted by molar-refractivity contribution is 5.04. The van der Waals surface area contributed by atoms with Gasteiger partial charge in [0.15, 0.2) is 5.82 Å². The van der Waals surface area contributed by atoms with E-state index in [1.54, 1.807) is 13.4 Å². The molecule has 1 fully saturated rings. The van der Waals surface area contributed by atoms with Crippen molar-refractivity contribution in [3.63, 3.8) is 0 Å². The fourth-order valence-corrected chi connectivity index (χ4v) is 1.97. The van der Waals surface area contributed by atoms with Crippen LogP contribution < -0.4 is 5.32 Å². The van der Waals surface area contributed by atoms with Crippen LogP contribution in [0.5, 0.6) is 0 Å². The van der Waals surface area contributed by atoms with Crippen molar-refractivity contribution in [2.24, 2.45) is 0 Å². The molecule has 2 aromatic heterocycles. The Hall–Kier alpha value is -1.73. The zero-order chi connectivity index (χ0) is 13.8. The van der Waals surface area contributed by atoms with Crippen LogP contribution in [0.3, 0.4) is 0 Å². The van der Waals surface area contributed by atoms with Crippen LogP contribution in [0.25, 0.3) is 0 Å². The van der Waals surface area contributed by atoms with Crippen LogP contribution in [-0.4, -0.2) is 40.0 Å². The number of imidazole rings is 1. The Labute approximate surface area is 117 Å². The molecule has 0 amide bonds. The van der Waals surface area contributed by atoms with Crippen LogP contribution >= 0.6 is 0 Å². The van der Waals surface area contributed by atoms with Crippen LogP contribution in [0.4, 0.5) is 0 Å². The molecule has 1 aliphatic carbocycles. The number of hydrogen-bond acceptors (Lipinski definition) is 6. The largest absolute Gasteiger partial charge is 0.383 e. The predicted octanol–water partition coefficient (Wildman–Crippen LogP) is 0.928. The van der Waals surface area contributed by atoms with Crippen molar-refractivity contribution in [1.29, 1.82) is 0 Å². The SMILES string of the molecule is COCCNCc1cn(Cc2nc(C3CC3)no2)cn1. The van der Waals surface area contributed by atoms with Gasteiger partial charge in [-0.3, -0.25) is 0 Å². The molecule has 0 bridgehead atoms. The first-order valence-corrected chi connectivity index (χ1v) is 6.88. The minimum atomic E-state index is 0.524. The minimum Gasteiger partial charge on any atom is -0.383 e. The zero-order valence-corrected chi connectivity index (χ0v) is 11.6. The molecule has 20 heavy (non-hydrogen) atoms. The Morgan fingerprint density at radius 2 is 2.40 bits per heavy atom. The lowest BCUT2D eigenvalue weighted by Crippen LogP contribution is -2.18. The molecular formula is C13H19N5O2. The highest BCUT2D eigenvalue weighted by Crippen LogP contribution is 2.38. The van der Waals surface area contributed by atoms with Crippen molar-refractivity contribution < 1.29 is 9.26 Å². The van der Waals surface area contributed by atoms with E-state index in [2.05, 4.69) is 20.4 Å². The van der Waals surface area contributed by atoms with Crippen LogP contribution in [0.1, 0.15) is 36.2 Å². The molecule has 7 nitrogen and oxygen atoms in total. The first-order valence-electron chi connectivity index (χ1n) is 6.88. The summed E-state index contributed by atoms with van der Waals surface area (Å²) in [6.07, 6.45) is 6.14. The smallest absolute Gasteiger partial charge is 0.246 e. The first-order chi connectivity index (χ1) is 9.85. The summed E-state index contributed by atoms with van der Waals surface area (Å²) in [5, 5.41) is 7.26. The Morgan fingerprint density at radius 3 is 3.20 bits per heavy atom. The van der Waals surface area contributed by atoms with Crippen molar-refractivity contribution in [1.82, 2.24) is 25.0 Å². The van der Waals surface area contributed by atoms with Gasteiger partial charge in [-0.1, -0.05) is 5.16 Å². The number of ether oxygens (including phenoxy) is 1. The average Bonchev–Trinajstić information content (AvgIpc) is 3.04. The molecule has 0 atom stereocenters. The molecule has 1 N–H and O–H groups in total. The van der Waals surface area contributed by atoms with Crippen molar-refractivity contribution in [2.75, 3.05) is 20.3 Å². The van der Waals surface area contributed by atoms with Gasteiger partial charge in [-0.25, -0.2) is 4.98 Å². The van der Waals surface area contributed by atoms with E-state index in [4.69, 9.17) is 9.26 Å². The average molecular weight is 277 g/mol. The Kier molecular flexibility index (Phi) is 4.08. The Balaban J connectivity index is 1.50. The number of nitrogens with zero attached hydrogens (tertiary/aromatic N) is 4. The summed E-state index contributed by atoms with van der Waals surface area (Å²) in [5.74, 6) is 2.01. The van der Waals surface area contributed by atoms with E-state index in [0.29, 0.717) is 25.0 Å². The van der Waals surface area contributed by atoms with Gasteiger partial charge in [-0.2, -0.15) is 4.98 Å². The zero-order valence-electron chi connectivity index (χ0n) is 11.6. The number of aromatic nitrogens is 4. The third-order valence-corrected chi connectivity index (χ3v) is 3.22. The van der Waals surface area contributed by atoms with Gasteiger partial charge >= 0.3 is 0 Å². The summed E-state index contributed by atoms with van der Waals surface area (Å²) in [6.45, 7) is 2.82. The van der Waals surface area contributed by atoms with Gasteiger partial charge in [0.25, 0.3) is 0 Å². The highest BCUT2D eigenvalue weighted by atomic mass is 16.5. The number of rotatable bonds is 8. The van der Waals surface area contributed by atoms with Crippen molar-refractivity contribution in [3.8, 4) is 0 Å². The highest BCUT2D eigenvalue weighted by Gasteiger charge is 2.28. The number of methoxy groups -OCH3 is 1. The Bertz CT molecular complexity index is 546. The van der Waals surface area contributed by atoms with E-state index < -0.39 is 0 Å². The molecule has 1 saturated carbocycles. The molecule has 1 aliphatic rings. The predicted molar refractivity (Wildman–Crippen MR) is 71.2 cm³/mol. The second-order valence-electron chi connectivity index (χ2n) is 5.03. The van der Waals surface area contributed by atoms with E-state index in [-0.39, 0.29) is 0 Å². The summed E-state index contributed by atoms with van der Waals surface area (Å²) < 4.78 is 12.2. The third-order valence-electron chi connectivity index (χ3n) is 3.22. The van der Waals surface area contributed by atoms with E-state index in [1.807, 2.05) is 10.8 Å². The summed E-state index contributed by atoms with van der Waals surface area (Å²) in [4.78, 5) is 8.74. The lowest BCUT2D eigenvalue weighted by molar-refractivity contribution is 0.199. The fraction of sp³-hybridized carbons (Fsp3) is 0.615. The second kappa shape index (κ2) is 6.15. The molecule has 108 valence electrons. The van der Waals surface area contributed by atoms with Gasteiger partial charge in [0, 0.05) is 32.3 Å². The molecule has 2 heterocycles. The van der Waals surface area contributed by atoms with E-state index in [0.717, 1.165) is 24.6 Å². The van der Waals surface area contributed by atoms with Gasteiger partial charge in [-0.15, -0.1) is 0 Å².